The van der Waals surface area contributed by atoms with E-state index in [1.54, 1.807) is 0 Å². The van der Waals surface area contributed by atoms with Gasteiger partial charge < -0.3 is 5.73 Å². The Hall–Kier alpha value is -1.15. The third-order valence-corrected chi connectivity index (χ3v) is 4.03. The second-order valence-electron chi connectivity index (χ2n) is 5.33. The van der Waals surface area contributed by atoms with Crippen molar-refractivity contribution in [3.05, 3.63) is 35.4 Å². The van der Waals surface area contributed by atoms with E-state index in [-0.39, 0.29) is 17.7 Å². The summed E-state index contributed by atoms with van der Waals surface area (Å²) in [5.74, 6) is 0.277. The number of ketones is 1. The van der Waals surface area contributed by atoms with Crippen molar-refractivity contribution in [1.29, 1.82) is 0 Å². The highest BCUT2D eigenvalue weighted by Crippen LogP contribution is 2.25. The topological polar surface area (TPSA) is 43.1 Å². The summed E-state index contributed by atoms with van der Waals surface area (Å²) in [5, 5.41) is 0. The van der Waals surface area contributed by atoms with Crippen LogP contribution < -0.4 is 5.73 Å². The quantitative estimate of drug-likeness (QED) is 0.655. The second-order valence-corrected chi connectivity index (χ2v) is 5.33. The first-order valence-electron chi connectivity index (χ1n) is 7.11. The maximum absolute atomic E-state index is 12.6. The Kier molecular flexibility index (Phi) is 4.54. The van der Waals surface area contributed by atoms with Gasteiger partial charge in [-0.05, 0) is 30.9 Å². The smallest absolute Gasteiger partial charge is 0.167 e. The van der Waals surface area contributed by atoms with Crippen molar-refractivity contribution in [1.82, 2.24) is 0 Å². The van der Waals surface area contributed by atoms with Gasteiger partial charge in [-0.3, -0.25) is 4.79 Å². The zero-order chi connectivity index (χ0) is 13.0. The zero-order valence-electron chi connectivity index (χ0n) is 11.2. The number of carbonyl (C=O) groups excluding carboxylic acids is 1. The van der Waals surface area contributed by atoms with Crippen LogP contribution in [0.3, 0.4) is 0 Å². The fraction of sp³-hybridized carbons (Fsp3) is 0.562. The van der Waals surface area contributed by atoms with Crippen molar-refractivity contribution in [3.8, 4) is 0 Å². The molecule has 0 aliphatic heterocycles. The molecule has 0 amide bonds. The lowest BCUT2D eigenvalue weighted by Crippen LogP contribution is -2.34. The summed E-state index contributed by atoms with van der Waals surface area (Å²) in [5.41, 5.74) is 8.24. The minimum absolute atomic E-state index is 0.0274. The van der Waals surface area contributed by atoms with E-state index in [4.69, 9.17) is 5.73 Å². The number of Topliss-reactive ketones (excluding diaryl/α,β-unsaturated/α-hetero) is 1. The minimum Gasteiger partial charge on any atom is -0.327 e. The molecule has 2 atom stereocenters. The van der Waals surface area contributed by atoms with E-state index in [9.17, 15) is 4.79 Å². The van der Waals surface area contributed by atoms with Crippen LogP contribution in [0.5, 0.6) is 0 Å². The molecule has 0 heterocycles. The van der Waals surface area contributed by atoms with Gasteiger partial charge in [0, 0.05) is 17.5 Å². The molecular formula is C16H23NO. The fourth-order valence-electron chi connectivity index (χ4n) is 2.82. The first kappa shape index (κ1) is 13.3. The van der Waals surface area contributed by atoms with Crippen LogP contribution in [-0.2, 0) is 6.42 Å². The number of benzene rings is 1. The predicted octanol–water partition coefficient (Wildman–Crippen LogP) is 3.34. The van der Waals surface area contributed by atoms with Crippen LogP contribution in [0.4, 0.5) is 0 Å². The number of hydrogen-bond donors (Lipinski definition) is 1. The van der Waals surface area contributed by atoms with E-state index in [2.05, 4.69) is 13.0 Å². The van der Waals surface area contributed by atoms with Gasteiger partial charge in [0.25, 0.3) is 0 Å². The molecule has 1 aliphatic rings. The van der Waals surface area contributed by atoms with Gasteiger partial charge >= 0.3 is 0 Å². The Morgan fingerprint density at radius 2 is 2.06 bits per heavy atom. The predicted molar refractivity (Wildman–Crippen MR) is 74.7 cm³/mol. The van der Waals surface area contributed by atoms with E-state index in [1.807, 2.05) is 18.2 Å². The van der Waals surface area contributed by atoms with Crippen molar-refractivity contribution < 1.29 is 4.79 Å². The molecule has 1 fully saturated rings. The molecule has 1 aromatic carbocycles. The normalized spacial score (nSPS) is 24.6. The van der Waals surface area contributed by atoms with E-state index >= 15 is 0 Å². The maximum Gasteiger partial charge on any atom is 0.167 e. The Morgan fingerprint density at radius 3 is 2.83 bits per heavy atom. The number of carbonyl (C=O) groups is 1. The summed E-state index contributed by atoms with van der Waals surface area (Å²) in [4.78, 5) is 12.6. The molecule has 2 N–H and O–H groups in total. The van der Waals surface area contributed by atoms with Crippen LogP contribution in [0.2, 0.25) is 0 Å². The number of nitrogens with two attached hydrogens (primary N) is 1. The lowest BCUT2D eigenvalue weighted by atomic mass is 9.87. The standard InChI is InChI=1S/C16H23NO/c1-2-12-7-6-8-13(11-12)16(18)14-9-4-3-5-10-15(14)17/h6-8,11,14-15H,2-5,9-10,17H2,1H3. The van der Waals surface area contributed by atoms with Crippen LogP contribution >= 0.6 is 0 Å². The highest BCUT2D eigenvalue weighted by molar-refractivity contribution is 5.98. The summed E-state index contributed by atoms with van der Waals surface area (Å²) >= 11 is 0. The van der Waals surface area contributed by atoms with Gasteiger partial charge in [0.05, 0.1) is 0 Å². The zero-order valence-corrected chi connectivity index (χ0v) is 11.2. The molecule has 1 aliphatic carbocycles. The van der Waals surface area contributed by atoms with Gasteiger partial charge in [0.1, 0.15) is 0 Å². The molecule has 2 rings (SSSR count). The van der Waals surface area contributed by atoms with Crippen molar-refractivity contribution in [3.63, 3.8) is 0 Å². The summed E-state index contributed by atoms with van der Waals surface area (Å²) in [6.45, 7) is 2.11. The lowest BCUT2D eigenvalue weighted by Gasteiger charge is -2.20. The Morgan fingerprint density at radius 1 is 1.28 bits per heavy atom. The lowest BCUT2D eigenvalue weighted by molar-refractivity contribution is 0.0894. The van der Waals surface area contributed by atoms with Crippen LogP contribution in [0.1, 0.15) is 54.9 Å². The minimum atomic E-state index is 0.0274. The Bertz CT molecular complexity index is 413. The van der Waals surface area contributed by atoms with Crippen molar-refractivity contribution in [2.75, 3.05) is 0 Å². The molecule has 0 aromatic heterocycles. The first-order valence-corrected chi connectivity index (χ1v) is 7.11. The van der Waals surface area contributed by atoms with E-state index < -0.39 is 0 Å². The molecule has 2 unspecified atom stereocenters. The van der Waals surface area contributed by atoms with Gasteiger partial charge in [-0.1, -0.05) is 44.4 Å². The van der Waals surface area contributed by atoms with Crippen LogP contribution in [-0.4, -0.2) is 11.8 Å². The molecule has 98 valence electrons. The summed E-state index contributed by atoms with van der Waals surface area (Å²) in [6.07, 6.45) is 6.43. The average molecular weight is 245 g/mol. The number of hydrogen-bond acceptors (Lipinski definition) is 2. The highest BCUT2D eigenvalue weighted by atomic mass is 16.1. The van der Waals surface area contributed by atoms with Gasteiger partial charge in [-0.15, -0.1) is 0 Å². The third kappa shape index (κ3) is 2.99. The van der Waals surface area contributed by atoms with Crippen molar-refractivity contribution >= 4 is 5.78 Å². The maximum atomic E-state index is 12.6. The van der Waals surface area contributed by atoms with Crippen LogP contribution in [0.25, 0.3) is 0 Å². The number of rotatable bonds is 3. The molecular weight excluding hydrogens is 222 g/mol. The molecule has 18 heavy (non-hydrogen) atoms. The molecule has 1 aromatic rings. The second kappa shape index (κ2) is 6.14. The highest BCUT2D eigenvalue weighted by Gasteiger charge is 2.27. The molecule has 0 saturated heterocycles. The van der Waals surface area contributed by atoms with Gasteiger partial charge in [0.2, 0.25) is 0 Å². The summed E-state index contributed by atoms with van der Waals surface area (Å²) in [7, 11) is 0. The van der Waals surface area contributed by atoms with Crippen LogP contribution in [0.15, 0.2) is 24.3 Å². The van der Waals surface area contributed by atoms with Gasteiger partial charge in [-0.2, -0.15) is 0 Å². The Balaban J connectivity index is 2.18. The van der Waals surface area contributed by atoms with Gasteiger partial charge in [-0.25, -0.2) is 0 Å². The van der Waals surface area contributed by atoms with E-state index in [0.29, 0.717) is 0 Å². The van der Waals surface area contributed by atoms with Crippen LogP contribution in [0, 0.1) is 5.92 Å². The average Bonchev–Trinajstić information content (AvgIpc) is 2.62. The van der Waals surface area contributed by atoms with Crippen molar-refractivity contribution in [2.24, 2.45) is 11.7 Å². The Labute approximate surface area is 110 Å². The van der Waals surface area contributed by atoms with E-state index in [1.165, 1.54) is 18.4 Å². The third-order valence-electron chi connectivity index (χ3n) is 4.03. The molecule has 1 saturated carbocycles. The molecule has 2 nitrogen and oxygen atoms in total. The summed E-state index contributed by atoms with van der Waals surface area (Å²) < 4.78 is 0. The van der Waals surface area contributed by atoms with E-state index in [0.717, 1.165) is 31.2 Å². The molecule has 0 radical (unpaired) electrons. The largest absolute Gasteiger partial charge is 0.327 e. The molecule has 2 heteroatoms. The molecule has 0 bridgehead atoms. The molecule has 0 spiro atoms. The van der Waals surface area contributed by atoms with Crippen molar-refractivity contribution in [2.45, 2.75) is 51.5 Å². The fourth-order valence-corrected chi connectivity index (χ4v) is 2.82. The summed E-state index contributed by atoms with van der Waals surface area (Å²) in [6, 6.07) is 8.06. The van der Waals surface area contributed by atoms with Gasteiger partial charge in [0.15, 0.2) is 5.78 Å². The number of aryl methyl sites for hydroxylation is 1. The SMILES string of the molecule is CCc1cccc(C(=O)C2CCCCCC2N)c1. The monoisotopic (exact) mass is 245 g/mol. The first-order chi connectivity index (χ1) is 8.72.